The van der Waals surface area contributed by atoms with Gasteiger partial charge in [-0.1, -0.05) is 51.5 Å². The van der Waals surface area contributed by atoms with Crippen molar-refractivity contribution >= 4 is 0 Å². The molecule has 0 saturated carbocycles. The van der Waals surface area contributed by atoms with E-state index in [1.165, 1.54) is 43.2 Å². The lowest BCUT2D eigenvalue weighted by Gasteiger charge is -2.07. The third-order valence-electron chi connectivity index (χ3n) is 3.01. The number of unbranched alkanes of at least 4 members (excludes halogenated alkanes) is 1. The number of benzene rings is 1. The first-order chi connectivity index (χ1) is 8.22. The van der Waals surface area contributed by atoms with Crippen molar-refractivity contribution in [1.82, 2.24) is 5.32 Å². The molecule has 0 aliphatic heterocycles. The Balaban J connectivity index is 2.18. The lowest BCUT2D eigenvalue weighted by molar-refractivity contribution is 0.557. The zero-order valence-corrected chi connectivity index (χ0v) is 11.6. The minimum atomic E-state index is 0.614. The fourth-order valence-electron chi connectivity index (χ4n) is 2.01. The minimum Gasteiger partial charge on any atom is -0.315 e. The molecule has 1 aromatic rings. The van der Waals surface area contributed by atoms with Gasteiger partial charge in [-0.3, -0.25) is 0 Å². The molecule has 0 heterocycles. The molecule has 0 unspecified atom stereocenters. The molecule has 0 amide bonds. The third kappa shape index (κ3) is 6.48. The molecule has 0 aliphatic rings. The van der Waals surface area contributed by atoms with Crippen molar-refractivity contribution < 1.29 is 0 Å². The van der Waals surface area contributed by atoms with E-state index in [9.17, 15) is 0 Å². The Morgan fingerprint density at radius 1 is 0.941 bits per heavy atom. The molecular weight excluding hydrogens is 206 g/mol. The lowest BCUT2D eigenvalue weighted by atomic mass is 10.0. The molecule has 0 spiro atoms. The second-order valence-electron chi connectivity index (χ2n) is 5.13. The van der Waals surface area contributed by atoms with Crippen LogP contribution in [0.1, 0.15) is 51.2 Å². The largest absolute Gasteiger partial charge is 0.315 e. The van der Waals surface area contributed by atoms with Crippen molar-refractivity contribution in [3.8, 4) is 0 Å². The van der Waals surface area contributed by atoms with Crippen LogP contribution in [0.5, 0.6) is 0 Å². The Hall–Kier alpha value is -0.820. The predicted molar refractivity (Wildman–Crippen MR) is 76.5 cm³/mol. The second-order valence-corrected chi connectivity index (χ2v) is 5.13. The smallest absolute Gasteiger partial charge is 0.00103 e. The van der Waals surface area contributed by atoms with E-state index in [4.69, 9.17) is 0 Å². The predicted octanol–water partition coefficient (Wildman–Crippen LogP) is 3.96. The molecule has 0 fully saturated rings. The maximum atomic E-state index is 3.46. The first kappa shape index (κ1) is 14.2. The molecular formula is C16H27N. The molecule has 17 heavy (non-hydrogen) atoms. The van der Waals surface area contributed by atoms with Crippen molar-refractivity contribution in [3.63, 3.8) is 0 Å². The van der Waals surface area contributed by atoms with Crippen LogP contribution in [-0.2, 0) is 12.8 Å². The Morgan fingerprint density at radius 3 is 2.06 bits per heavy atom. The topological polar surface area (TPSA) is 12.0 Å². The van der Waals surface area contributed by atoms with Gasteiger partial charge in [0.2, 0.25) is 0 Å². The van der Waals surface area contributed by atoms with Crippen molar-refractivity contribution in [2.24, 2.45) is 0 Å². The summed E-state index contributed by atoms with van der Waals surface area (Å²) >= 11 is 0. The van der Waals surface area contributed by atoms with Gasteiger partial charge in [-0.15, -0.1) is 0 Å². The summed E-state index contributed by atoms with van der Waals surface area (Å²) < 4.78 is 0. The first-order valence-corrected chi connectivity index (χ1v) is 7.03. The van der Waals surface area contributed by atoms with E-state index in [0.29, 0.717) is 6.04 Å². The van der Waals surface area contributed by atoms with Crippen LogP contribution in [0.15, 0.2) is 24.3 Å². The van der Waals surface area contributed by atoms with Gasteiger partial charge in [0.25, 0.3) is 0 Å². The quantitative estimate of drug-likeness (QED) is 0.670. The summed E-state index contributed by atoms with van der Waals surface area (Å²) in [5.41, 5.74) is 2.95. The van der Waals surface area contributed by atoms with E-state index in [-0.39, 0.29) is 0 Å². The SMILES string of the molecule is CCCc1ccc(CCCCNC(C)C)cc1. The van der Waals surface area contributed by atoms with Gasteiger partial charge in [0.05, 0.1) is 0 Å². The van der Waals surface area contributed by atoms with Crippen LogP contribution in [0.2, 0.25) is 0 Å². The summed E-state index contributed by atoms with van der Waals surface area (Å²) in [5.74, 6) is 0. The van der Waals surface area contributed by atoms with Crippen molar-refractivity contribution in [2.75, 3.05) is 6.54 Å². The summed E-state index contributed by atoms with van der Waals surface area (Å²) in [6, 6.07) is 9.77. The standard InChI is InChI=1S/C16H27N/c1-4-7-15-9-11-16(12-10-15)8-5-6-13-17-14(2)3/h9-12,14,17H,4-8,13H2,1-3H3. The van der Waals surface area contributed by atoms with Crippen molar-refractivity contribution in [1.29, 1.82) is 0 Å². The van der Waals surface area contributed by atoms with Crippen molar-refractivity contribution in [3.05, 3.63) is 35.4 Å². The summed E-state index contributed by atoms with van der Waals surface area (Å²) in [5, 5.41) is 3.46. The molecule has 96 valence electrons. The fourth-order valence-corrected chi connectivity index (χ4v) is 2.01. The molecule has 1 rings (SSSR count). The van der Waals surface area contributed by atoms with Crippen LogP contribution in [0.4, 0.5) is 0 Å². The summed E-state index contributed by atoms with van der Waals surface area (Å²) in [7, 11) is 0. The molecule has 1 nitrogen and oxygen atoms in total. The molecule has 1 N–H and O–H groups in total. The maximum absolute atomic E-state index is 3.46. The number of nitrogens with one attached hydrogen (secondary N) is 1. The van der Waals surface area contributed by atoms with Gasteiger partial charge < -0.3 is 5.32 Å². The minimum absolute atomic E-state index is 0.614. The van der Waals surface area contributed by atoms with Crippen LogP contribution in [0.3, 0.4) is 0 Å². The highest BCUT2D eigenvalue weighted by molar-refractivity contribution is 5.22. The van der Waals surface area contributed by atoms with Crippen molar-refractivity contribution in [2.45, 2.75) is 58.9 Å². The number of aryl methyl sites for hydroxylation is 2. The molecule has 1 heteroatoms. The van der Waals surface area contributed by atoms with E-state index in [1.807, 2.05) is 0 Å². The zero-order valence-electron chi connectivity index (χ0n) is 11.6. The van der Waals surface area contributed by atoms with Crippen LogP contribution in [0.25, 0.3) is 0 Å². The Morgan fingerprint density at radius 2 is 1.53 bits per heavy atom. The molecule has 0 aromatic heterocycles. The highest BCUT2D eigenvalue weighted by Gasteiger charge is 1.96. The molecule has 1 aromatic carbocycles. The summed E-state index contributed by atoms with van der Waals surface area (Å²) in [6.07, 6.45) is 6.22. The highest BCUT2D eigenvalue weighted by atomic mass is 14.9. The average molecular weight is 233 g/mol. The van der Waals surface area contributed by atoms with Gasteiger partial charge in [0, 0.05) is 6.04 Å². The molecule has 0 bridgehead atoms. The monoisotopic (exact) mass is 233 g/mol. The maximum Gasteiger partial charge on any atom is 0.00103 e. The van der Waals surface area contributed by atoms with Crippen LogP contribution < -0.4 is 5.32 Å². The highest BCUT2D eigenvalue weighted by Crippen LogP contribution is 2.09. The molecule has 0 saturated heterocycles. The van der Waals surface area contributed by atoms with Crippen LogP contribution in [0, 0.1) is 0 Å². The van der Waals surface area contributed by atoms with Gasteiger partial charge >= 0.3 is 0 Å². The summed E-state index contributed by atoms with van der Waals surface area (Å²) in [6.45, 7) is 7.78. The van der Waals surface area contributed by atoms with E-state index < -0.39 is 0 Å². The van der Waals surface area contributed by atoms with Crippen LogP contribution >= 0.6 is 0 Å². The van der Waals surface area contributed by atoms with E-state index in [0.717, 1.165) is 6.54 Å². The van der Waals surface area contributed by atoms with Crippen LogP contribution in [-0.4, -0.2) is 12.6 Å². The van der Waals surface area contributed by atoms with Gasteiger partial charge in [-0.05, 0) is 43.4 Å². The van der Waals surface area contributed by atoms with E-state index in [1.54, 1.807) is 0 Å². The molecule has 0 aliphatic carbocycles. The van der Waals surface area contributed by atoms with E-state index in [2.05, 4.69) is 50.4 Å². The average Bonchev–Trinajstić information content (AvgIpc) is 2.31. The molecule has 0 radical (unpaired) electrons. The Kier molecular flexibility index (Phi) is 6.95. The van der Waals surface area contributed by atoms with Gasteiger partial charge in [0.1, 0.15) is 0 Å². The van der Waals surface area contributed by atoms with Gasteiger partial charge in [0.15, 0.2) is 0 Å². The fraction of sp³-hybridized carbons (Fsp3) is 0.625. The summed E-state index contributed by atoms with van der Waals surface area (Å²) in [4.78, 5) is 0. The van der Waals surface area contributed by atoms with Gasteiger partial charge in [-0.2, -0.15) is 0 Å². The molecule has 0 atom stereocenters. The van der Waals surface area contributed by atoms with Gasteiger partial charge in [-0.25, -0.2) is 0 Å². The van der Waals surface area contributed by atoms with E-state index >= 15 is 0 Å². The lowest BCUT2D eigenvalue weighted by Crippen LogP contribution is -2.23. The number of hydrogen-bond donors (Lipinski definition) is 1. The normalized spacial score (nSPS) is 11.1. The second kappa shape index (κ2) is 8.30. The number of hydrogen-bond acceptors (Lipinski definition) is 1. The number of rotatable bonds is 8. The Labute approximate surface area is 107 Å². The Bertz CT molecular complexity index is 287. The third-order valence-corrected chi connectivity index (χ3v) is 3.01. The zero-order chi connectivity index (χ0) is 12.5. The first-order valence-electron chi connectivity index (χ1n) is 7.03.